The van der Waals surface area contributed by atoms with Crippen molar-refractivity contribution in [2.24, 2.45) is 23.7 Å². The van der Waals surface area contributed by atoms with E-state index in [0.717, 1.165) is 11.1 Å². The van der Waals surface area contributed by atoms with Gasteiger partial charge in [0.1, 0.15) is 17.9 Å². The minimum Gasteiger partial charge on any atom is -0.469 e. The van der Waals surface area contributed by atoms with Crippen molar-refractivity contribution in [3.05, 3.63) is 76.6 Å². The number of nitrogens with two attached hydrogens (primary N) is 2. The van der Waals surface area contributed by atoms with E-state index in [1.807, 2.05) is 39.8 Å². The SMILES string of the molecule is COC(=O)C[C@H](C(=O)N1CCC[C@H]1C(=O)Nc1ccc(C2CC[C@H](c3ccc(NC(=O)[C@@H]4CCCN4C(=O)[C@@H](CC(=O)OC)C(C)C)c(N)c3)N2c2ccc(Cl)c(F)c2)cc1N)C(C)C. The van der Waals surface area contributed by atoms with Crippen LogP contribution in [0.5, 0.6) is 0 Å². The highest BCUT2D eigenvalue weighted by Gasteiger charge is 2.41. The van der Waals surface area contributed by atoms with Crippen LogP contribution in [0.2, 0.25) is 5.02 Å². The molecule has 3 fully saturated rings. The van der Waals surface area contributed by atoms with Gasteiger partial charge in [0.25, 0.3) is 0 Å². The molecule has 6 atom stereocenters. The molecule has 4 amide bonds. The van der Waals surface area contributed by atoms with Crippen molar-refractivity contribution >= 4 is 75.6 Å². The van der Waals surface area contributed by atoms with Crippen molar-refractivity contribution < 1.29 is 42.6 Å². The number of esters is 2. The Kier molecular flexibility index (Phi) is 15.6. The van der Waals surface area contributed by atoms with E-state index < -0.39 is 41.7 Å². The third-order valence-electron chi connectivity index (χ3n) is 13.2. The predicted molar refractivity (Wildman–Crippen MR) is 247 cm³/mol. The second-order valence-electron chi connectivity index (χ2n) is 17.9. The Morgan fingerprint density at radius 2 is 1.11 bits per heavy atom. The minimum absolute atomic E-state index is 0.0221. The highest BCUT2D eigenvalue weighted by Crippen LogP contribution is 2.48. The van der Waals surface area contributed by atoms with Crippen LogP contribution < -0.4 is 27.0 Å². The van der Waals surface area contributed by atoms with E-state index in [1.54, 1.807) is 40.1 Å². The molecule has 6 N–H and O–H groups in total. The quantitative estimate of drug-likeness (QED) is 0.0882. The van der Waals surface area contributed by atoms with Gasteiger partial charge in [0.15, 0.2) is 0 Å². The van der Waals surface area contributed by atoms with E-state index in [2.05, 4.69) is 15.5 Å². The second kappa shape index (κ2) is 20.9. The summed E-state index contributed by atoms with van der Waals surface area (Å²) in [6.45, 7) is 8.23. The first-order valence-electron chi connectivity index (χ1n) is 22.3. The molecule has 17 heteroatoms. The number of carbonyl (C=O) groups is 6. The highest BCUT2D eigenvalue weighted by atomic mass is 35.5. The molecule has 3 aliphatic rings. The number of rotatable bonds is 15. The van der Waals surface area contributed by atoms with E-state index >= 15 is 4.39 Å². The molecule has 0 spiro atoms. The molecule has 0 aromatic heterocycles. The first kappa shape index (κ1) is 48.6. The Labute approximate surface area is 384 Å². The van der Waals surface area contributed by atoms with Gasteiger partial charge in [-0.15, -0.1) is 0 Å². The molecule has 65 heavy (non-hydrogen) atoms. The lowest BCUT2D eigenvalue weighted by Crippen LogP contribution is -2.47. The predicted octanol–water partition coefficient (Wildman–Crippen LogP) is 7.26. The van der Waals surface area contributed by atoms with Crippen molar-refractivity contribution in [3.63, 3.8) is 0 Å². The van der Waals surface area contributed by atoms with Gasteiger partial charge in [0.05, 0.1) is 78.8 Å². The summed E-state index contributed by atoms with van der Waals surface area (Å²) in [4.78, 5) is 84.1. The molecule has 3 aromatic carbocycles. The maximum Gasteiger partial charge on any atom is 0.306 e. The molecule has 3 aliphatic heterocycles. The van der Waals surface area contributed by atoms with E-state index in [4.69, 9.17) is 32.5 Å². The standard InChI is InChI=1S/C48H61ClFN7O8/c1-26(2)31(24-43(58)64-5)47(62)55-19-7-9-41(55)45(60)53-37-15-11-28(21-35(37)51)39-17-18-40(57(39)30-13-14-33(49)34(50)23-30)29-12-16-38(36(52)22-29)54-46(61)42-10-8-20-56(42)48(63)32(27(3)4)25-44(59)65-6/h11-16,21-23,26-27,31-32,39-42H,7-10,17-20,24-25,51-52H2,1-6H3,(H,53,60)(H,54,61)/t31-,32-,39+,40?,41-,42-/m0/s1. The van der Waals surface area contributed by atoms with E-state index in [-0.39, 0.29) is 65.4 Å². The summed E-state index contributed by atoms with van der Waals surface area (Å²) in [5.74, 6) is -4.38. The lowest BCUT2D eigenvalue weighted by molar-refractivity contribution is -0.149. The summed E-state index contributed by atoms with van der Waals surface area (Å²) in [5.41, 5.74) is 16.8. The number of anilines is 5. The van der Waals surface area contributed by atoms with Gasteiger partial charge < -0.3 is 46.3 Å². The molecule has 350 valence electrons. The fourth-order valence-corrected chi connectivity index (χ4v) is 9.60. The summed E-state index contributed by atoms with van der Waals surface area (Å²) in [7, 11) is 2.56. The minimum atomic E-state index is -0.734. The van der Waals surface area contributed by atoms with Crippen LogP contribution in [-0.4, -0.2) is 84.8 Å². The Bertz CT molecular complexity index is 2160. The monoisotopic (exact) mass is 917 g/mol. The Morgan fingerprint density at radius 3 is 1.48 bits per heavy atom. The average Bonchev–Trinajstić information content (AvgIpc) is 4.07. The molecule has 0 bridgehead atoms. The molecule has 3 heterocycles. The topological polar surface area (TPSA) is 207 Å². The smallest absolute Gasteiger partial charge is 0.306 e. The molecule has 6 rings (SSSR count). The van der Waals surface area contributed by atoms with Gasteiger partial charge in [-0.1, -0.05) is 51.4 Å². The number of benzene rings is 3. The lowest BCUT2D eigenvalue weighted by atomic mass is 9.90. The zero-order valence-electron chi connectivity index (χ0n) is 37.9. The largest absolute Gasteiger partial charge is 0.469 e. The second-order valence-corrected chi connectivity index (χ2v) is 18.3. The number of nitrogens with one attached hydrogen (secondary N) is 2. The lowest BCUT2D eigenvalue weighted by Gasteiger charge is -2.34. The first-order chi connectivity index (χ1) is 30.9. The maximum atomic E-state index is 15.1. The number of amides is 4. The fourth-order valence-electron chi connectivity index (χ4n) is 9.48. The molecular formula is C48H61ClFN7O8. The summed E-state index contributed by atoms with van der Waals surface area (Å²) in [6, 6.07) is 13.3. The van der Waals surface area contributed by atoms with Gasteiger partial charge >= 0.3 is 11.9 Å². The summed E-state index contributed by atoms with van der Waals surface area (Å²) in [6.07, 6.45) is 3.33. The third-order valence-corrected chi connectivity index (χ3v) is 13.5. The van der Waals surface area contributed by atoms with Crippen molar-refractivity contribution in [3.8, 4) is 0 Å². The number of nitrogen functional groups attached to an aromatic ring is 2. The molecule has 0 radical (unpaired) electrons. The number of likely N-dealkylation sites (tertiary alicyclic amines) is 2. The molecule has 0 aliphatic carbocycles. The maximum absolute atomic E-state index is 15.1. The van der Waals surface area contributed by atoms with Crippen LogP contribution in [0.4, 0.5) is 32.8 Å². The van der Waals surface area contributed by atoms with E-state index in [0.29, 0.717) is 80.1 Å². The van der Waals surface area contributed by atoms with Gasteiger partial charge in [-0.2, -0.15) is 0 Å². The third kappa shape index (κ3) is 10.8. The van der Waals surface area contributed by atoms with Crippen molar-refractivity contribution in [1.82, 2.24) is 9.80 Å². The van der Waals surface area contributed by atoms with Crippen LogP contribution in [0, 0.1) is 29.5 Å². The molecular weight excluding hydrogens is 857 g/mol. The van der Waals surface area contributed by atoms with Crippen LogP contribution >= 0.6 is 11.6 Å². The number of ether oxygens (including phenoxy) is 2. The first-order valence-corrected chi connectivity index (χ1v) is 22.7. The van der Waals surface area contributed by atoms with Gasteiger partial charge in [-0.25, -0.2) is 4.39 Å². The number of methoxy groups -OCH3 is 2. The van der Waals surface area contributed by atoms with E-state index in [9.17, 15) is 28.8 Å². The van der Waals surface area contributed by atoms with Crippen molar-refractivity contribution in [1.29, 1.82) is 0 Å². The zero-order chi connectivity index (χ0) is 47.3. The molecule has 0 saturated carbocycles. The van der Waals surface area contributed by atoms with Crippen molar-refractivity contribution in [2.75, 3.05) is 54.3 Å². The van der Waals surface area contributed by atoms with Gasteiger partial charge in [-0.3, -0.25) is 28.8 Å². The number of carbonyl (C=O) groups excluding carboxylic acids is 6. The highest BCUT2D eigenvalue weighted by molar-refractivity contribution is 6.30. The van der Waals surface area contributed by atoms with Crippen LogP contribution in [0.15, 0.2) is 54.6 Å². The van der Waals surface area contributed by atoms with E-state index in [1.165, 1.54) is 26.4 Å². The summed E-state index contributed by atoms with van der Waals surface area (Å²) < 4.78 is 24.8. The number of hydrogen-bond donors (Lipinski definition) is 4. The Balaban J connectivity index is 1.19. The number of nitrogens with zero attached hydrogens (tertiary/aromatic N) is 3. The van der Waals surface area contributed by atoms with Crippen LogP contribution in [0.25, 0.3) is 0 Å². The Hall–Kier alpha value is -5.90. The van der Waals surface area contributed by atoms with Crippen LogP contribution in [0.1, 0.15) is 102 Å². The molecule has 3 saturated heterocycles. The molecule has 1 unspecified atom stereocenters. The average molecular weight is 919 g/mol. The summed E-state index contributed by atoms with van der Waals surface area (Å²) in [5, 5.41) is 5.83. The van der Waals surface area contributed by atoms with Gasteiger partial charge in [0.2, 0.25) is 23.6 Å². The fraction of sp³-hybridized carbons (Fsp3) is 0.500. The van der Waals surface area contributed by atoms with Gasteiger partial charge in [0, 0.05) is 18.8 Å². The number of hydrogen-bond acceptors (Lipinski definition) is 11. The zero-order valence-corrected chi connectivity index (χ0v) is 38.7. The van der Waals surface area contributed by atoms with Crippen LogP contribution in [0.3, 0.4) is 0 Å². The number of halogens is 2. The summed E-state index contributed by atoms with van der Waals surface area (Å²) >= 11 is 6.13. The Morgan fingerprint density at radius 1 is 0.677 bits per heavy atom. The molecule has 15 nitrogen and oxygen atoms in total. The van der Waals surface area contributed by atoms with Crippen molar-refractivity contribution in [2.45, 2.75) is 103 Å². The van der Waals surface area contributed by atoms with Gasteiger partial charge in [-0.05, 0) is 104 Å². The molecule has 3 aromatic rings. The normalized spacial score (nSPS) is 20.5. The van der Waals surface area contributed by atoms with Crippen LogP contribution in [-0.2, 0) is 38.2 Å².